The van der Waals surface area contributed by atoms with Gasteiger partial charge in [-0.2, -0.15) is 4.31 Å². The van der Waals surface area contributed by atoms with Crippen molar-refractivity contribution < 1.29 is 22.9 Å². The number of methoxy groups -OCH3 is 1. The predicted octanol–water partition coefficient (Wildman–Crippen LogP) is 2.25. The lowest BCUT2D eigenvalue weighted by Crippen LogP contribution is -2.53. The molecule has 1 fully saturated rings. The molecule has 172 valence electrons. The lowest BCUT2D eigenvalue weighted by Gasteiger charge is -2.36. The van der Waals surface area contributed by atoms with Gasteiger partial charge in [0.05, 0.1) is 23.0 Å². The molecule has 1 N–H and O–H groups in total. The van der Waals surface area contributed by atoms with Crippen LogP contribution >= 0.6 is 0 Å². The second-order valence-electron chi connectivity index (χ2n) is 7.56. The molecule has 0 radical (unpaired) electrons. The molecule has 1 saturated heterocycles. The number of ether oxygens (including phenoxy) is 1. The van der Waals surface area contributed by atoms with Gasteiger partial charge < -0.3 is 10.1 Å². The first kappa shape index (κ1) is 23.6. The molecule has 1 unspecified atom stereocenters. The Morgan fingerprint density at radius 1 is 1.12 bits per heavy atom. The average Bonchev–Trinajstić information content (AvgIpc) is 2.79. The van der Waals surface area contributed by atoms with Crippen LogP contribution in [0.4, 0.5) is 11.4 Å². The topological polar surface area (TPSA) is 122 Å². The molecule has 11 heteroatoms. The number of nitrogens with zero attached hydrogens (tertiary/aromatic N) is 3. The van der Waals surface area contributed by atoms with E-state index in [-0.39, 0.29) is 29.6 Å². The minimum Gasteiger partial charge on any atom is -0.490 e. The van der Waals surface area contributed by atoms with Gasteiger partial charge in [-0.1, -0.05) is 17.7 Å². The number of carbonyl (C=O) groups is 1. The van der Waals surface area contributed by atoms with Crippen LogP contribution in [0.3, 0.4) is 0 Å². The van der Waals surface area contributed by atoms with Gasteiger partial charge in [-0.15, -0.1) is 0 Å². The van der Waals surface area contributed by atoms with Crippen LogP contribution < -0.4 is 10.1 Å². The summed E-state index contributed by atoms with van der Waals surface area (Å²) in [6, 6.07) is 10.6. The summed E-state index contributed by atoms with van der Waals surface area (Å²) in [4.78, 5) is 24.9. The molecule has 0 aromatic heterocycles. The maximum absolute atomic E-state index is 13.0. The Balaban J connectivity index is 1.65. The van der Waals surface area contributed by atoms with Gasteiger partial charge in [0.25, 0.3) is 0 Å². The maximum atomic E-state index is 13.0. The number of hydrogen-bond donors (Lipinski definition) is 1. The molecule has 1 aliphatic heterocycles. The van der Waals surface area contributed by atoms with Crippen LogP contribution in [-0.2, 0) is 14.8 Å². The number of nitrogens with one attached hydrogen (secondary N) is 1. The van der Waals surface area contributed by atoms with E-state index in [4.69, 9.17) is 4.74 Å². The number of benzene rings is 2. The van der Waals surface area contributed by atoms with Crippen LogP contribution in [0.1, 0.15) is 12.5 Å². The Hall–Kier alpha value is -3.02. The Bertz CT molecular complexity index is 1100. The van der Waals surface area contributed by atoms with Crippen LogP contribution in [0, 0.1) is 17.0 Å². The lowest BCUT2D eigenvalue weighted by molar-refractivity contribution is -0.386. The summed E-state index contributed by atoms with van der Waals surface area (Å²) >= 11 is 0. The first-order chi connectivity index (χ1) is 15.1. The van der Waals surface area contributed by atoms with E-state index in [1.165, 1.54) is 23.5 Å². The van der Waals surface area contributed by atoms with E-state index >= 15 is 0 Å². The number of hydrogen-bond acceptors (Lipinski definition) is 7. The van der Waals surface area contributed by atoms with Crippen molar-refractivity contribution in [2.75, 3.05) is 38.6 Å². The van der Waals surface area contributed by atoms with Crippen molar-refractivity contribution in [2.45, 2.75) is 24.8 Å². The van der Waals surface area contributed by atoms with E-state index in [1.54, 1.807) is 6.92 Å². The zero-order valence-corrected chi connectivity index (χ0v) is 19.0. The van der Waals surface area contributed by atoms with Crippen molar-refractivity contribution >= 4 is 27.3 Å². The fourth-order valence-electron chi connectivity index (χ4n) is 3.50. The Labute approximate surface area is 187 Å². The molecule has 0 aliphatic carbocycles. The highest BCUT2D eigenvalue weighted by atomic mass is 32.2. The number of sulfonamides is 1. The van der Waals surface area contributed by atoms with Gasteiger partial charge in [0, 0.05) is 37.9 Å². The zero-order chi connectivity index (χ0) is 23.5. The lowest BCUT2D eigenvalue weighted by atomic mass is 10.2. The third kappa shape index (κ3) is 5.06. The quantitative estimate of drug-likeness (QED) is 0.495. The zero-order valence-electron chi connectivity index (χ0n) is 18.1. The summed E-state index contributed by atoms with van der Waals surface area (Å²) in [6.07, 6.45) is 0. The summed E-state index contributed by atoms with van der Waals surface area (Å²) in [6.45, 7) is 4.81. The van der Waals surface area contributed by atoms with Crippen LogP contribution in [-0.4, -0.2) is 67.8 Å². The number of amides is 1. The van der Waals surface area contributed by atoms with E-state index in [0.29, 0.717) is 18.8 Å². The fraction of sp³-hybridized carbons (Fsp3) is 0.381. The molecule has 0 saturated carbocycles. The predicted molar refractivity (Wildman–Crippen MR) is 119 cm³/mol. The molecule has 1 aliphatic rings. The minimum atomic E-state index is -3.92. The second kappa shape index (κ2) is 9.63. The molecule has 32 heavy (non-hydrogen) atoms. The number of carbonyl (C=O) groups excluding carboxylic acids is 1. The van der Waals surface area contributed by atoms with Crippen molar-refractivity contribution in [1.82, 2.24) is 9.21 Å². The SMILES string of the molecule is COc1ccc(S(=O)(=O)N2CCN(C(C)C(=O)Nc3ccc(C)cc3)CC2)cc1[N+](=O)[O-]. The molecular formula is C21H26N4O6S. The molecule has 2 aromatic carbocycles. The number of aryl methyl sites for hydroxylation is 1. The van der Waals surface area contributed by atoms with E-state index in [1.807, 2.05) is 36.1 Å². The normalized spacial score (nSPS) is 16.3. The standard InChI is InChI=1S/C21H26N4O6S/c1-15-4-6-17(7-5-15)22-21(26)16(2)23-10-12-24(13-11-23)32(29,30)18-8-9-20(31-3)19(14-18)25(27)28/h4-9,14,16H,10-13H2,1-3H3,(H,22,26). The van der Waals surface area contributed by atoms with Crippen molar-refractivity contribution in [1.29, 1.82) is 0 Å². The Kier molecular flexibility index (Phi) is 7.12. The summed E-state index contributed by atoms with van der Waals surface area (Å²) in [5.74, 6) is -0.178. The number of nitro groups is 1. The van der Waals surface area contributed by atoms with E-state index in [9.17, 15) is 23.3 Å². The highest BCUT2D eigenvalue weighted by molar-refractivity contribution is 7.89. The second-order valence-corrected chi connectivity index (χ2v) is 9.50. The van der Waals surface area contributed by atoms with Gasteiger partial charge in [0.15, 0.2) is 5.75 Å². The molecule has 1 atom stereocenters. The first-order valence-electron chi connectivity index (χ1n) is 10.1. The molecule has 3 rings (SSSR count). The number of nitro benzene ring substituents is 1. The van der Waals surface area contributed by atoms with Gasteiger partial charge in [0.1, 0.15) is 0 Å². The van der Waals surface area contributed by atoms with Crippen LogP contribution in [0.15, 0.2) is 47.4 Å². The monoisotopic (exact) mass is 462 g/mol. The van der Waals surface area contributed by atoms with Crippen molar-refractivity contribution in [3.05, 3.63) is 58.1 Å². The van der Waals surface area contributed by atoms with Crippen LogP contribution in [0.5, 0.6) is 5.75 Å². The molecular weight excluding hydrogens is 436 g/mol. The van der Waals surface area contributed by atoms with Crippen LogP contribution in [0.2, 0.25) is 0 Å². The smallest absolute Gasteiger partial charge is 0.312 e. The summed E-state index contributed by atoms with van der Waals surface area (Å²) in [5.41, 5.74) is 1.39. The third-order valence-electron chi connectivity index (χ3n) is 5.50. The summed E-state index contributed by atoms with van der Waals surface area (Å²) in [7, 11) is -2.64. The summed E-state index contributed by atoms with van der Waals surface area (Å²) < 4.78 is 32.2. The van der Waals surface area contributed by atoms with E-state index in [0.717, 1.165) is 11.6 Å². The first-order valence-corrected chi connectivity index (χ1v) is 11.5. The van der Waals surface area contributed by atoms with Crippen molar-refractivity contribution in [3.63, 3.8) is 0 Å². The van der Waals surface area contributed by atoms with Gasteiger partial charge in [-0.05, 0) is 38.1 Å². The number of anilines is 1. The van der Waals surface area contributed by atoms with Gasteiger partial charge in [-0.25, -0.2) is 8.42 Å². The number of rotatable bonds is 7. The minimum absolute atomic E-state index is 0.00724. The Morgan fingerprint density at radius 3 is 2.31 bits per heavy atom. The van der Waals surface area contributed by atoms with Crippen molar-refractivity contribution in [3.8, 4) is 5.75 Å². The van der Waals surface area contributed by atoms with Crippen molar-refractivity contribution in [2.24, 2.45) is 0 Å². The maximum Gasteiger partial charge on any atom is 0.312 e. The number of piperazine rings is 1. The van der Waals surface area contributed by atoms with E-state index in [2.05, 4.69) is 5.32 Å². The van der Waals surface area contributed by atoms with Gasteiger partial charge in [0.2, 0.25) is 15.9 Å². The largest absolute Gasteiger partial charge is 0.490 e. The van der Waals surface area contributed by atoms with Gasteiger partial charge in [-0.3, -0.25) is 19.8 Å². The molecule has 2 aromatic rings. The average molecular weight is 463 g/mol. The molecule has 10 nitrogen and oxygen atoms in total. The fourth-order valence-corrected chi connectivity index (χ4v) is 4.95. The van der Waals surface area contributed by atoms with E-state index < -0.39 is 26.7 Å². The molecule has 0 bridgehead atoms. The third-order valence-corrected chi connectivity index (χ3v) is 7.40. The molecule has 1 amide bonds. The molecule has 0 spiro atoms. The van der Waals surface area contributed by atoms with Crippen LogP contribution in [0.25, 0.3) is 0 Å². The Morgan fingerprint density at radius 2 is 1.75 bits per heavy atom. The summed E-state index contributed by atoms with van der Waals surface area (Å²) in [5, 5.41) is 14.1. The molecule has 1 heterocycles. The van der Waals surface area contributed by atoms with Gasteiger partial charge >= 0.3 is 5.69 Å². The highest BCUT2D eigenvalue weighted by Crippen LogP contribution is 2.31. The highest BCUT2D eigenvalue weighted by Gasteiger charge is 2.33.